The zero-order chi connectivity index (χ0) is 15.2. The van der Waals surface area contributed by atoms with Crippen molar-refractivity contribution < 1.29 is 9.13 Å². The summed E-state index contributed by atoms with van der Waals surface area (Å²) in [7, 11) is 1.48. The average Bonchev–Trinajstić information content (AvgIpc) is 2.23. The van der Waals surface area contributed by atoms with Crippen molar-refractivity contribution >= 4 is 0 Å². The first-order chi connectivity index (χ1) is 9.07. The summed E-state index contributed by atoms with van der Waals surface area (Å²) in [4.78, 5) is 0. The second kappa shape index (κ2) is 4.73. The monoisotopic (exact) mass is 279 g/mol. The predicted molar refractivity (Wildman–Crippen MR) is 80.2 cm³/mol. The minimum atomic E-state index is -0.474. The fourth-order valence-corrected chi connectivity index (χ4v) is 4.37. The minimum absolute atomic E-state index is 0.160. The lowest BCUT2D eigenvalue weighted by molar-refractivity contribution is 0.0469. The molecule has 0 radical (unpaired) electrons. The first kappa shape index (κ1) is 15.3. The van der Waals surface area contributed by atoms with Gasteiger partial charge in [0.1, 0.15) is 0 Å². The third-order valence-electron chi connectivity index (χ3n) is 4.27. The van der Waals surface area contributed by atoms with Crippen LogP contribution in [-0.2, 0) is 5.54 Å². The fraction of sp³-hybridized carbons (Fsp3) is 0.647. The average molecular weight is 279 g/mol. The fourth-order valence-electron chi connectivity index (χ4n) is 4.37. The van der Waals surface area contributed by atoms with Gasteiger partial charge in [-0.15, -0.1) is 0 Å². The Labute approximate surface area is 121 Å². The molecule has 20 heavy (non-hydrogen) atoms. The molecule has 1 aliphatic carbocycles. The van der Waals surface area contributed by atoms with Gasteiger partial charge >= 0.3 is 0 Å². The molecular formula is C17H26FNO. The summed E-state index contributed by atoms with van der Waals surface area (Å²) in [5.41, 5.74) is 7.40. The van der Waals surface area contributed by atoms with E-state index in [0.717, 1.165) is 24.8 Å². The van der Waals surface area contributed by atoms with Crippen LogP contribution in [0.4, 0.5) is 4.39 Å². The van der Waals surface area contributed by atoms with Gasteiger partial charge < -0.3 is 10.5 Å². The second-order valence-electron chi connectivity index (χ2n) is 7.86. The molecule has 1 fully saturated rings. The van der Waals surface area contributed by atoms with Gasteiger partial charge in [0.05, 0.1) is 7.11 Å². The lowest BCUT2D eigenvalue weighted by Crippen LogP contribution is -2.49. The van der Waals surface area contributed by atoms with Crippen LogP contribution in [0.25, 0.3) is 0 Å². The molecule has 0 spiro atoms. The van der Waals surface area contributed by atoms with Crippen molar-refractivity contribution in [3.8, 4) is 5.75 Å². The lowest BCUT2D eigenvalue weighted by atomic mass is 9.57. The minimum Gasteiger partial charge on any atom is -0.494 e. The third-order valence-corrected chi connectivity index (χ3v) is 4.27. The molecule has 2 nitrogen and oxygen atoms in total. The van der Waals surface area contributed by atoms with Gasteiger partial charge in [0, 0.05) is 5.54 Å². The van der Waals surface area contributed by atoms with Crippen molar-refractivity contribution in [2.75, 3.05) is 7.11 Å². The Hall–Kier alpha value is -1.09. The second-order valence-corrected chi connectivity index (χ2v) is 7.86. The van der Waals surface area contributed by atoms with Crippen molar-refractivity contribution in [1.82, 2.24) is 0 Å². The maximum absolute atomic E-state index is 14.0. The summed E-state index contributed by atoms with van der Waals surface area (Å²) < 4.78 is 19.0. The maximum atomic E-state index is 14.0. The van der Waals surface area contributed by atoms with Gasteiger partial charge in [-0.05, 0) is 47.8 Å². The predicted octanol–water partition coefficient (Wildman–Crippen LogP) is 4.22. The molecule has 1 aromatic carbocycles. The molecule has 0 heterocycles. The lowest BCUT2D eigenvalue weighted by Gasteiger charge is -2.50. The zero-order valence-electron chi connectivity index (χ0n) is 13.2. The van der Waals surface area contributed by atoms with E-state index in [2.05, 4.69) is 27.7 Å². The van der Waals surface area contributed by atoms with Crippen LogP contribution in [0, 0.1) is 16.6 Å². The van der Waals surface area contributed by atoms with Gasteiger partial charge in [0.25, 0.3) is 0 Å². The molecule has 2 N–H and O–H groups in total. The highest BCUT2D eigenvalue weighted by Gasteiger charge is 2.46. The van der Waals surface area contributed by atoms with Crippen LogP contribution in [0.3, 0.4) is 0 Å². The van der Waals surface area contributed by atoms with Gasteiger partial charge in [0.15, 0.2) is 11.6 Å². The molecule has 112 valence electrons. The molecule has 1 aliphatic rings. The Morgan fingerprint density at radius 2 is 1.60 bits per heavy atom. The van der Waals surface area contributed by atoms with Crippen LogP contribution in [0.1, 0.15) is 52.5 Å². The Balaban J connectivity index is 2.41. The van der Waals surface area contributed by atoms with E-state index in [1.54, 1.807) is 6.07 Å². The third kappa shape index (κ3) is 2.98. The van der Waals surface area contributed by atoms with Crippen molar-refractivity contribution in [2.24, 2.45) is 16.6 Å². The maximum Gasteiger partial charge on any atom is 0.165 e. The highest BCUT2D eigenvalue weighted by atomic mass is 19.1. The molecule has 0 aromatic heterocycles. The van der Waals surface area contributed by atoms with E-state index < -0.39 is 5.54 Å². The molecule has 0 aliphatic heterocycles. The van der Waals surface area contributed by atoms with Crippen LogP contribution in [0.15, 0.2) is 18.2 Å². The summed E-state index contributed by atoms with van der Waals surface area (Å²) >= 11 is 0. The summed E-state index contributed by atoms with van der Waals surface area (Å²) in [6, 6.07) is 5.11. The van der Waals surface area contributed by atoms with Gasteiger partial charge in [-0.3, -0.25) is 0 Å². The van der Waals surface area contributed by atoms with E-state index in [1.165, 1.54) is 13.2 Å². The molecule has 0 atom stereocenters. The van der Waals surface area contributed by atoms with Gasteiger partial charge in [-0.1, -0.05) is 33.8 Å². The van der Waals surface area contributed by atoms with Gasteiger partial charge in [-0.2, -0.15) is 0 Å². The number of methoxy groups -OCH3 is 1. The molecule has 3 heteroatoms. The van der Waals surface area contributed by atoms with E-state index in [-0.39, 0.29) is 22.4 Å². The molecule has 1 aromatic rings. The quantitative estimate of drug-likeness (QED) is 0.879. The molecule has 2 rings (SSSR count). The Kier molecular flexibility index (Phi) is 3.62. The summed E-state index contributed by atoms with van der Waals surface area (Å²) in [5, 5.41) is 0. The van der Waals surface area contributed by atoms with E-state index in [0.29, 0.717) is 0 Å². The molecule has 0 unspecified atom stereocenters. The number of rotatable bonds is 2. The van der Waals surface area contributed by atoms with Gasteiger partial charge in [0.2, 0.25) is 0 Å². The Morgan fingerprint density at radius 3 is 2.05 bits per heavy atom. The largest absolute Gasteiger partial charge is 0.494 e. The first-order valence-corrected chi connectivity index (χ1v) is 7.20. The molecule has 0 bridgehead atoms. The number of nitrogens with two attached hydrogens (primary N) is 1. The smallest absolute Gasteiger partial charge is 0.165 e. The SMILES string of the molecule is COc1ccc(C2(N)CC(C)(C)CC(C)(C)C2)cc1F. The topological polar surface area (TPSA) is 35.2 Å². The molecular weight excluding hydrogens is 253 g/mol. The Bertz CT molecular complexity index is 492. The van der Waals surface area contributed by atoms with E-state index in [4.69, 9.17) is 10.5 Å². The standard InChI is InChI=1S/C17H26FNO/c1-15(2)9-16(3,4)11-17(19,10-15)12-6-7-14(20-5)13(18)8-12/h6-8H,9-11,19H2,1-5H3. The van der Waals surface area contributed by atoms with Gasteiger partial charge in [-0.25, -0.2) is 4.39 Å². The summed E-state index contributed by atoms with van der Waals surface area (Å²) in [6.07, 6.45) is 2.88. The first-order valence-electron chi connectivity index (χ1n) is 7.20. The van der Waals surface area contributed by atoms with E-state index in [9.17, 15) is 4.39 Å². The normalized spacial score (nSPS) is 23.4. The summed E-state index contributed by atoms with van der Waals surface area (Å²) in [5.74, 6) is -0.0670. The van der Waals surface area contributed by atoms with Crippen LogP contribution >= 0.6 is 0 Å². The van der Waals surface area contributed by atoms with Crippen LogP contribution in [0.2, 0.25) is 0 Å². The van der Waals surface area contributed by atoms with Crippen molar-refractivity contribution in [1.29, 1.82) is 0 Å². The van der Waals surface area contributed by atoms with E-state index in [1.807, 2.05) is 6.07 Å². The summed E-state index contributed by atoms with van der Waals surface area (Å²) in [6.45, 7) is 8.98. The molecule has 0 saturated heterocycles. The number of hydrogen-bond acceptors (Lipinski definition) is 2. The van der Waals surface area contributed by atoms with Crippen molar-refractivity contribution in [3.63, 3.8) is 0 Å². The van der Waals surface area contributed by atoms with Crippen molar-refractivity contribution in [2.45, 2.75) is 52.5 Å². The number of hydrogen-bond donors (Lipinski definition) is 1. The zero-order valence-corrected chi connectivity index (χ0v) is 13.2. The highest BCUT2D eigenvalue weighted by molar-refractivity contribution is 5.34. The van der Waals surface area contributed by atoms with Crippen LogP contribution in [-0.4, -0.2) is 7.11 Å². The number of ether oxygens (including phenoxy) is 1. The van der Waals surface area contributed by atoms with Crippen LogP contribution in [0.5, 0.6) is 5.75 Å². The van der Waals surface area contributed by atoms with Crippen LogP contribution < -0.4 is 10.5 Å². The Morgan fingerprint density at radius 1 is 1.05 bits per heavy atom. The van der Waals surface area contributed by atoms with E-state index >= 15 is 0 Å². The molecule has 1 saturated carbocycles. The number of halogens is 1. The highest BCUT2D eigenvalue weighted by Crippen LogP contribution is 2.52. The molecule has 0 amide bonds. The van der Waals surface area contributed by atoms with Crippen molar-refractivity contribution in [3.05, 3.63) is 29.6 Å². The number of benzene rings is 1.